The third-order valence-corrected chi connectivity index (χ3v) is 3.45. The topological polar surface area (TPSA) is 56.0 Å². The van der Waals surface area contributed by atoms with E-state index in [-0.39, 0.29) is 0 Å². The number of nitrogens with two attached hydrogens (primary N) is 1. The lowest BCUT2D eigenvalue weighted by atomic mass is 10.0. The molecule has 1 aliphatic carbocycles. The summed E-state index contributed by atoms with van der Waals surface area (Å²) < 4.78 is 0. The van der Waals surface area contributed by atoms with Gasteiger partial charge in [-0.1, -0.05) is 12.1 Å². The van der Waals surface area contributed by atoms with Gasteiger partial charge in [0, 0.05) is 11.8 Å². The molecule has 0 saturated heterocycles. The van der Waals surface area contributed by atoms with E-state index in [1.54, 1.807) is 18.3 Å². The molecule has 0 radical (unpaired) electrons. The molecule has 0 fully saturated rings. The highest BCUT2D eigenvalue weighted by Crippen LogP contribution is 2.28. The van der Waals surface area contributed by atoms with Crippen LogP contribution >= 0.6 is 0 Å². The fraction of sp³-hybridized carbons (Fsp3) is 0.200. The lowest BCUT2D eigenvalue weighted by molar-refractivity contribution is 0.100. The summed E-state index contributed by atoms with van der Waals surface area (Å²) in [6.45, 7) is 0. The Morgan fingerprint density at radius 1 is 1.17 bits per heavy atom. The zero-order valence-electron chi connectivity index (χ0n) is 10.0. The first-order valence-corrected chi connectivity index (χ1v) is 6.13. The third kappa shape index (κ3) is 1.78. The van der Waals surface area contributed by atoms with E-state index < -0.39 is 5.91 Å². The second-order valence-electron chi connectivity index (χ2n) is 4.60. The van der Waals surface area contributed by atoms with Crippen molar-refractivity contribution in [2.75, 3.05) is 0 Å². The van der Waals surface area contributed by atoms with Crippen LogP contribution in [0.3, 0.4) is 0 Å². The minimum Gasteiger partial charge on any atom is -0.366 e. The Kier molecular flexibility index (Phi) is 2.59. The molecular weight excluding hydrogens is 224 g/mol. The number of hydrogen-bond acceptors (Lipinski definition) is 2. The second kappa shape index (κ2) is 4.26. The van der Waals surface area contributed by atoms with Gasteiger partial charge in [-0.2, -0.15) is 0 Å². The molecule has 0 bridgehead atoms. The molecule has 0 spiro atoms. The van der Waals surface area contributed by atoms with Crippen LogP contribution in [0, 0.1) is 0 Å². The van der Waals surface area contributed by atoms with Crippen LogP contribution in [0.2, 0.25) is 0 Å². The van der Waals surface area contributed by atoms with Gasteiger partial charge in [0.15, 0.2) is 0 Å². The van der Waals surface area contributed by atoms with E-state index in [4.69, 9.17) is 5.73 Å². The Morgan fingerprint density at radius 2 is 2.00 bits per heavy atom. The highest BCUT2D eigenvalue weighted by atomic mass is 16.1. The van der Waals surface area contributed by atoms with Crippen molar-refractivity contribution in [1.82, 2.24) is 4.98 Å². The number of carbonyl (C=O) groups is 1. The van der Waals surface area contributed by atoms with Crippen LogP contribution in [0.15, 0.2) is 36.5 Å². The summed E-state index contributed by atoms with van der Waals surface area (Å²) >= 11 is 0. The van der Waals surface area contributed by atoms with Crippen LogP contribution in [0.25, 0.3) is 11.3 Å². The van der Waals surface area contributed by atoms with Crippen molar-refractivity contribution in [2.45, 2.75) is 19.3 Å². The number of rotatable bonds is 2. The number of aromatic nitrogens is 1. The lowest BCUT2D eigenvalue weighted by Crippen LogP contribution is -2.13. The van der Waals surface area contributed by atoms with Crippen molar-refractivity contribution in [2.24, 2.45) is 5.73 Å². The summed E-state index contributed by atoms with van der Waals surface area (Å²) in [6.07, 6.45) is 5.17. The summed E-state index contributed by atoms with van der Waals surface area (Å²) in [5.74, 6) is -0.432. The van der Waals surface area contributed by atoms with Gasteiger partial charge in [0.2, 0.25) is 0 Å². The Labute approximate surface area is 106 Å². The lowest BCUT2D eigenvalue weighted by Gasteiger charge is -2.07. The molecule has 1 aromatic heterocycles. The zero-order valence-corrected chi connectivity index (χ0v) is 10.0. The number of pyridine rings is 1. The fourth-order valence-corrected chi connectivity index (χ4v) is 2.55. The number of nitrogens with zero attached hydrogens (tertiary/aromatic N) is 1. The highest BCUT2D eigenvalue weighted by Gasteiger charge is 2.15. The van der Waals surface area contributed by atoms with Crippen LogP contribution in [0.1, 0.15) is 27.9 Å². The number of amides is 1. The Balaban J connectivity index is 2.13. The molecular formula is C15H14N2O. The molecule has 90 valence electrons. The zero-order chi connectivity index (χ0) is 12.5. The Hall–Kier alpha value is -2.16. The summed E-state index contributed by atoms with van der Waals surface area (Å²) in [5, 5.41) is 0. The number of hydrogen-bond donors (Lipinski definition) is 1. The van der Waals surface area contributed by atoms with Crippen molar-refractivity contribution in [1.29, 1.82) is 0 Å². The van der Waals surface area contributed by atoms with Crippen LogP contribution in [-0.2, 0) is 12.8 Å². The largest absolute Gasteiger partial charge is 0.366 e. The molecule has 1 aromatic carbocycles. The van der Waals surface area contributed by atoms with E-state index in [0.717, 1.165) is 18.4 Å². The van der Waals surface area contributed by atoms with E-state index >= 15 is 0 Å². The van der Waals surface area contributed by atoms with Gasteiger partial charge < -0.3 is 5.73 Å². The quantitative estimate of drug-likeness (QED) is 0.873. The SMILES string of the molecule is NC(=O)c1cccnc1-c1ccc2c(c1)CCC2. The van der Waals surface area contributed by atoms with Crippen LogP contribution in [0.5, 0.6) is 0 Å². The summed E-state index contributed by atoms with van der Waals surface area (Å²) in [4.78, 5) is 15.7. The van der Waals surface area contributed by atoms with Gasteiger partial charge in [-0.3, -0.25) is 9.78 Å². The first kappa shape index (κ1) is 11.0. The summed E-state index contributed by atoms with van der Waals surface area (Å²) in [7, 11) is 0. The normalized spacial score (nSPS) is 13.3. The van der Waals surface area contributed by atoms with Gasteiger partial charge in [0.25, 0.3) is 5.91 Å². The van der Waals surface area contributed by atoms with Crippen LogP contribution < -0.4 is 5.73 Å². The average Bonchev–Trinajstić information content (AvgIpc) is 2.85. The van der Waals surface area contributed by atoms with Crippen molar-refractivity contribution in [3.8, 4) is 11.3 Å². The molecule has 3 rings (SSSR count). The predicted molar refractivity (Wildman–Crippen MR) is 70.2 cm³/mol. The summed E-state index contributed by atoms with van der Waals surface area (Å²) in [6, 6.07) is 9.75. The molecule has 1 amide bonds. The smallest absolute Gasteiger partial charge is 0.250 e. The predicted octanol–water partition coefficient (Wildman–Crippen LogP) is 2.34. The summed E-state index contributed by atoms with van der Waals surface area (Å²) in [5.41, 5.74) is 10.3. The molecule has 1 aliphatic rings. The highest BCUT2D eigenvalue weighted by molar-refractivity contribution is 5.98. The van der Waals surface area contributed by atoms with Gasteiger partial charge in [-0.05, 0) is 48.6 Å². The molecule has 18 heavy (non-hydrogen) atoms. The van der Waals surface area contributed by atoms with Gasteiger partial charge >= 0.3 is 0 Å². The first-order valence-electron chi connectivity index (χ1n) is 6.13. The van der Waals surface area contributed by atoms with Gasteiger partial charge in [0.05, 0.1) is 11.3 Å². The van der Waals surface area contributed by atoms with E-state index in [1.165, 1.54) is 17.5 Å². The molecule has 0 atom stereocenters. The van der Waals surface area contributed by atoms with E-state index in [2.05, 4.69) is 17.1 Å². The fourth-order valence-electron chi connectivity index (χ4n) is 2.55. The monoisotopic (exact) mass is 238 g/mol. The van der Waals surface area contributed by atoms with Gasteiger partial charge in [0.1, 0.15) is 0 Å². The minimum absolute atomic E-state index is 0.432. The van der Waals surface area contributed by atoms with Gasteiger partial charge in [-0.15, -0.1) is 0 Å². The Bertz CT molecular complexity index is 620. The number of carbonyl (C=O) groups excluding carboxylic acids is 1. The van der Waals surface area contributed by atoms with Crippen molar-refractivity contribution >= 4 is 5.91 Å². The van der Waals surface area contributed by atoms with Crippen molar-refractivity contribution in [3.05, 3.63) is 53.2 Å². The van der Waals surface area contributed by atoms with Gasteiger partial charge in [-0.25, -0.2) is 0 Å². The third-order valence-electron chi connectivity index (χ3n) is 3.45. The number of benzene rings is 1. The second-order valence-corrected chi connectivity index (χ2v) is 4.60. The van der Waals surface area contributed by atoms with Crippen molar-refractivity contribution in [3.63, 3.8) is 0 Å². The maximum atomic E-state index is 11.4. The van der Waals surface area contributed by atoms with E-state index in [9.17, 15) is 4.79 Å². The molecule has 2 N–H and O–H groups in total. The molecule has 2 aromatic rings. The van der Waals surface area contributed by atoms with Crippen LogP contribution in [0.4, 0.5) is 0 Å². The Morgan fingerprint density at radius 3 is 2.83 bits per heavy atom. The van der Waals surface area contributed by atoms with E-state index in [1.807, 2.05) is 6.07 Å². The first-order chi connectivity index (χ1) is 8.75. The number of primary amides is 1. The molecule has 3 heteroatoms. The minimum atomic E-state index is -0.432. The molecule has 1 heterocycles. The van der Waals surface area contributed by atoms with Crippen LogP contribution in [-0.4, -0.2) is 10.9 Å². The maximum Gasteiger partial charge on any atom is 0.250 e. The number of fused-ring (bicyclic) bond motifs is 1. The molecule has 0 saturated carbocycles. The molecule has 3 nitrogen and oxygen atoms in total. The standard InChI is InChI=1S/C15H14N2O/c16-15(18)13-5-2-8-17-14(13)12-7-6-10-3-1-4-11(10)9-12/h2,5-9H,1,3-4H2,(H2,16,18). The number of aryl methyl sites for hydroxylation is 2. The van der Waals surface area contributed by atoms with Crippen molar-refractivity contribution < 1.29 is 4.79 Å². The molecule has 0 unspecified atom stereocenters. The maximum absolute atomic E-state index is 11.4. The average molecular weight is 238 g/mol. The van der Waals surface area contributed by atoms with E-state index in [0.29, 0.717) is 11.3 Å². The molecule has 0 aliphatic heterocycles.